The molecule has 11 aliphatic heterocycles. The summed E-state index contributed by atoms with van der Waals surface area (Å²) in [6.07, 6.45) is -10.1. The third-order valence-corrected chi connectivity index (χ3v) is 31.7. The lowest BCUT2D eigenvalue weighted by Crippen LogP contribution is -2.67. The monoisotopic (exact) mass is 2040 g/mol. The second-order valence-electron chi connectivity index (χ2n) is 37.4. The zero-order valence-electron chi connectivity index (χ0n) is 79.1. The van der Waals surface area contributed by atoms with Crippen LogP contribution in [0.2, 0.25) is 10.0 Å². The number of benzene rings is 7. The van der Waals surface area contributed by atoms with Gasteiger partial charge in [0.25, 0.3) is 0 Å². The number of rotatable bonds is 27. The Morgan fingerprint density at radius 3 is 1.80 bits per heavy atom. The number of carboxylic acids is 1. The maximum atomic E-state index is 17.4. The number of phenolic OH excluding ortho intramolecular Hbond substituents is 3. The highest BCUT2D eigenvalue weighted by molar-refractivity contribution is 7.64. The Bertz CT molecular complexity index is 5820. The molecule has 11 aliphatic rings. The Morgan fingerprint density at radius 1 is 0.545 bits per heavy atom. The molecule has 0 saturated carbocycles. The van der Waals surface area contributed by atoms with Gasteiger partial charge < -0.3 is 147 Å². The highest BCUT2D eigenvalue weighted by atomic mass is 35.5. The van der Waals surface area contributed by atoms with Crippen LogP contribution in [0.1, 0.15) is 185 Å². The van der Waals surface area contributed by atoms with Crippen LogP contribution in [0.25, 0.3) is 11.1 Å². The maximum absolute atomic E-state index is 17.4. The molecule has 8 amide bonds. The van der Waals surface area contributed by atoms with Crippen LogP contribution in [-0.2, 0) is 59.0 Å². The van der Waals surface area contributed by atoms with Crippen molar-refractivity contribution in [3.05, 3.63) is 164 Å². The van der Waals surface area contributed by atoms with E-state index in [0.29, 0.717) is 70.6 Å². The second-order valence-corrected chi connectivity index (χ2v) is 41.1. The van der Waals surface area contributed by atoms with Crippen LogP contribution in [0, 0.1) is 0 Å². The van der Waals surface area contributed by atoms with Crippen molar-refractivity contribution in [2.45, 2.75) is 226 Å². The third-order valence-electron chi connectivity index (χ3n) is 27.1. The number of hydrogen-bond acceptors (Lipinski definition) is 33. The number of aliphatic hydroxyl groups is 7. The number of aromatic hydroxyl groups is 3. The fourth-order valence-corrected chi connectivity index (χ4v) is 24.3. The summed E-state index contributed by atoms with van der Waals surface area (Å²) in [7, 11) is 1.81. The molecule has 0 aliphatic carbocycles. The van der Waals surface area contributed by atoms with Gasteiger partial charge in [0.15, 0.2) is 23.0 Å². The van der Waals surface area contributed by atoms with Gasteiger partial charge in [-0.25, -0.2) is 0 Å². The smallest absolute Gasteiger partial charge is 0.417 e. The maximum Gasteiger partial charge on any atom is 0.417 e. The van der Waals surface area contributed by atoms with Crippen molar-refractivity contribution in [2.24, 2.45) is 0 Å². The van der Waals surface area contributed by atoms with E-state index < -0.39 is 256 Å². The second kappa shape index (κ2) is 45.8. The number of phenols is 3. The van der Waals surface area contributed by atoms with Crippen molar-refractivity contribution in [1.82, 2.24) is 66.8 Å². The van der Waals surface area contributed by atoms with Crippen molar-refractivity contribution < 1.29 is 137 Å². The Morgan fingerprint density at radius 2 is 1.15 bits per heavy atom. The lowest BCUT2D eigenvalue weighted by molar-refractivity contribution is -0.336. The molecule has 19 N–H and O–H groups in total. The molecule has 0 radical (unpaired) electrons. The number of nitrogens with one attached hydrogen (secondary N) is 9. The molecule has 11 heterocycles. The lowest BCUT2D eigenvalue weighted by Gasteiger charge is -2.43. The Labute approximate surface area is 834 Å². The van der Waals surface area contributed by atoms with Crippen molar-refractivity contribution >= 4 is 84.4 Å². The number of ether oxygens (including phenoxy) is 7. The van der Waals surface area contributed by atoms with Crippen molar-refractivity contribution in [2.75, 3.05) is 80.1 Å². The molecule has 18 rings (SSSR count). The third kappa shape index (κ3) is 22.9. The summed E-state index contributed by atoms with van der Waals surface area (Å²) in [4.78, 5) is 144. The number of amides is 8. The molecule has 5 saturated heterocycles. The number of carbonyl (C=O) groups is 9. The van der Waals surface area contributed by atoms with Crippen LogP contribution in [0.3, 0.4) is 0 Å². The minimum Gasteiger partial charge on any atom is -0.547 e. The van der Waals surface area contributed by atoms with Gasteiger partial charge in [0.1, 0.15) is 132 Å². The van der Waals surface area contributed by atoms with E-state index in [2.05, 4.69) is 68.8 Å². The van der Waals surface area contributed by atoms with E-state index in [0.717, 1.165) is 132 Å². The molecule has 18 atom stereocenters. The normalized spacial score (nSPS) is 26.5. The average Bonchev–Trinajstić information content (AvgIpc) is 1.66. The Hall–Kier alpha value is -11.6. The number of carbonyl (C=O) groups excluding carboxylic acids is 9. The van der Waals surface area contributed by atoms with Crippen LogP contribution >= 0.6 is 31.1 Å². The van der Waals surface area contributed by atoms with E-state index in [1.165, 1.54) is 67.7 Å². The zero-order valence-corrected chi connectivity index (χ0v) is 81.5. The first kappa shape index (κ1) is 104. The zero-order chi connectivity index (χ0) is 102. The number of halogens is 2. The molecule has 143 heavy (non-hydrogen) atoms. The summed E-state index contributed by atoms with van der Waals surface area (Å²) >= 11 is 15.5. The first-order valence-corrected chi connectivity index (χ1v) is 50.6. The first-order valence-electron chi connectivity index (χ1n) is 48.3. The van der Waals surface area contributed by atoms with Gasteiger partial charge in [-0.1, -0.05) is 105 Å². The summed E-state index contributed by atoms with van der Waals surface area (Å²) < 4.78 is 60.4. The van der Waals surface area contributed by atoms with Gasteiger partial charge >= 0.3 is 7.94 Å². The molecule has 0 aromatic heterocycles. The molecule has 5 fully saturated rings. The van der Waals surface area contributed by atoms with Gasteiger partial charge in [-0.05, 0) is 185 Å². The minimum absolute atomic E-state index is 0.0815. The fourth-order valence-electron chi connectivity index (χ4n) is 19.6. The van der Waals surface area contributed by atoms with E-state index in [9.17, 15) is 65.8 Å². The molecule has 41 nitrogen and oxygen atoms in total. The molecular weight excluding hydrogens is 1920 g/mol. The standard InChI is InChI=1S/C99H120Cl2N13O28P/c1-5-6-7-8-9-10-11-12-20-72(119)105-81-84(122)86(124)89(97(133)134)141-98(81)140-88-69-43-54-44-70(88)137-65-30-25-53(41-61(65)100)82(120)80-96(132)109-78(91(127)103-31-19-32-111(3)4)59-45-55(116)46-67(138-99-87(125)85(123)83(121)71(49-115)139-99)73(59)58-40-51(23-28-63(58)117)76(93(129)110-80)106-94(130)77(54)107-95(131)79-60-47-57(48-68(74(60)101)142-143(112-33-13-14-34-112,113-35-15-16-36-113)114-37-17-18-38-114)136-66-42-52(24-29-64(66)118)75(102-2)92(128)104-62(90(126)108-79)39-50-21-26-56(135-69)27-22-50/h21-30,40-48,62,71,75-87,89,98-99,102,115,120-125H,5-20,31-39,49H2,1-4H3,(H11-,103,104,105,106,107,108,109,110,116,117,118,119,126,127,128,129,130,131,132,133,134)/t62-,71-,75+,76-,77-,78-,79+,80+,81-,82-,83-,84-,85+,86+,87+,89+,98-,99+/m1/s1. The molecule has 7 aromatic carbocycles. The number of aliphatic carboxylic acids is 1. The number of aliphatic hydroxyl groups excluding tert-OH is 7. The van der Waals surface area contributed by atoms with Gasteiger partial charge in [-0.15, -0.1) is 14.0 Å². The van der Waals surface area contributed by atoms with E-state index in [1.807, 2.05) is 4.90 Å². The molecule has 44 heteroatoms. The summed E-state index contributed by atoms with van der Waals surface area (Å²) in [5.74, 6) is -16.8. The van der Waals surface area contributed by atoms with Crippen LogP contribution in [0.5, 0.6) is 69.0 Å². The molecular formula is C99H120Cl2N13O28P. The number of fused-ring (bicyclic) bond motifs is 14. The van der Waals surface area contributed by atoms with E-state index >= 15 is 33.6 Å². The van der Waals surface area contributed by atoms with Gasteiger partial charge in [0.05, 0.1) is 22.6 Å². The predicted molar refractivity (Wildman–Crippen MR) is 513 cm³/mol. The predicted octanol–water partition coefficient (Wildman–Crippen LogP) is 5.23. The SMILES string of the molecule is CCCCCCCCCCC(=O)N[C@H]1[C@H](Oc2c3cc4cc2Oc2ccc(cc2Cl)[C@@H](O)[C@@H]2NC(=O)[C@H](NC(=O)[C@@H]4NC(=O)[C@H]4NC(=O)[C@@H](Cc5ccc(cc5)O3)NC(=O)[C@@H](NC)c3ccc(O)c(c3)Oc3cc(O[P+](N5CCCC5)(N5CCCC5)N5CCCC5)c(Cl)c4c3)c3ccc(O)c(c3)-c3c(O[C@H]4O[C@H](CO)[C@@H](O)[C@H](O)[C@@H]4O)cc(O)cc3[C@H](C(=O)NCCCN(C)C)NC2=O)O[C@H](C(=O)[O-])[C@@H](O)[C@@H]1O. The van der Waals surface area contributed by atoms with E-state index in [4.69, 9.17) is 60.9 Å². The van der Waals surface area contributed by atoms with Gasteiger partial charge in [0.2, 0.25) is 71.3 Å². The highest BCUT2D eigenvalue weighted by Gasteiger charge is 2.63. The highest BCUT2D eigenvalue weighted by Crippen LogP contribution is 2.71. The quantitative estimate of drug-likeness (QED) is 0.0232. The molecule has 0 unspecified atom stereocenters. The number of nitrogens with zero attached hydrogens (tertiary/aromatic N) is 4. The number of unbranched alkanes of at least 4 members (excludes halogenated alkanes) is 7. The molecule has 7 aromatic rings. The van der Waals surface area contributed by atoms with Crippen LogP contribution in [0.15, 0.2) is 115 Å². The van der Waals surface area contributed by atoms with E-state index in [-0.39, 0.29) is 64.1 Å². The number of likely N-dealkylation sites (N-methyl/N-ethyl adjacent to an activating group) is 1. The molecule has 0 spiro atoms. The Kier molecular flexibility index (Phi) is 33.4. The first-order chi connectivity index (χ1) is 68.7. The van der Waals surface area contributed by atoms with Crippen molar-refractivity contribution in [3.8, 4) is 80.1 Å². The minimum atomic E-state index is -3.22. The van der Waals surface area contributed by atoms with Crippen LogP contribution < -0.4 is 81.2 Å². The van der Waals surface area contributed by atoms with Crippen molar-refractivity contribution in [1.29, 1.82) is 0 Å². The van der Waals surface area contributed by atoms with Gasteiger partial charge in [0, 0.05) is 87.5 Å². The largest absolute Gasteiger partial charge is 0.547 e. The number of carboxylic acid groups (broad SMARTS) is 1. The molecule has 17 bridgehead atoms. The summed E-state index contributed by atoms with van der Waals surface area (Å²) in [6.45, 7) is 5.12. The lowest BCUT2D eigenvalue weighted by atomic mass is 9.89. The Balaban J connectivity index is 0.934. The van der Waals surface area contributed by atoms with Crippen LogP contribution in [0.4, 0.5) is 0 Å². The summed E-state index contributed by atoms with van der Waals surface area (Å²) in [5.41, 5.74) is -2.29. The van der Waals surface area contributed by atoms with Gasteiger partial charge in [-0.3, -0.25) is 42.9 Å². The van der Waals surface area contributed by atoms with Crippen molar-refractivity contribution in [3.63, 3.8) is 0 Å². The topological polar surface area (TPSA) is 574 Å². The molecule has 768 valence electrons. The van der Waals surface area contributed by atoms with Gasteiger partial charge in [-0.2, -0.15) is 0 Å². The van der Waals surface area contributed by atoms with E-state index in [1.54, 1.807) is 14.1 Å². The van der Waals surface area contributed by atoms with Crippen LogP contribution in [-0.4, -0.2) is 277 Å². The summed E-state index contributed by atoms with van der Waals surface area (Å²) in [6, 6.07) is 7.24. The fraction of sp³-hybridized carbons (Fsp3) is 0.485. The number of hydrogen-bond donors (Lipinski definition) is 19. The average molecular weight is 2040 g/mol. The summed E-state index contributed by atoms with van der Waals surface area (Å²) in [5, 5.41) is 155.